The zero-order valence-corrected chi connectivity index (χ0v) is 14.1. The van der Waals surface area contributed by atoms with E-state index in [9.17, 15) is 9.59 Å². The molecule has 1 saturated carbocycles. The zero-order chi connectivity index (χ0) is 17.2. The van der Waals surface area contributed by atoms with Gasteiger partial charge in [0.15, 0.2) is 6.61 Å². The van der Waals surface area contributed by atoms with Gasteiger partial charge in [-0.2, -0.15) is 0 Å². The fourth-order valence-corrected chi connectivity index (χ4v) is 2.85. The molecule has 0 atom stereocenters. The summed E-state index contributed by atoms with van der Waals surface area (Å²) in [5.74, 6) is -0.718. The van der Waals surface area contributed by atoms with Gasteiger partial charge in [-0.3, -0.25) is 9.59 Å². The van der Waals surface area contributed by atoms with Gasteiger partial charge in [-0.25, -0.2) is 0 Å². The number of esters is 1. The smallest absolute Gasteiger partial charge is 0.317 e. The van der Waals surface area contributed by atoms with E-state index in [-0.39, 0.29) is 18.5 Å². The van der Waals surface area contributed by atoms with Crippen LogP contribution in [0.15, 0.2) is 48.5 Å². The topological polar surface area (TPSA) is 55.4 Å². The Morgan fingerprint density at radius 2 is 1.88 bits per heavy atom. The third-order valence-electron chi connectivity index (χ3n) is 4.28. The minimum Gasteiger partial charge on any atom is -0.455 e. The summed E-state index contributed by atoms with van der Waals surface area (Å²) in [7, 11) is 0. The Labute approximate surface area is 145 Å². The highest BCUT2D eigenvalue weighted by atomic mass is 35.5. The first-order chi connectivity index (χ1) is 11.5. The number of aryl methyl sites for hydroxylation is 1. The van der Waals surface area contributed by atoms with Gasteiger partial charge in [-0.15, -0.1) is 0 Å². The van der Waals surface area contributed by atoms with Crippen LogP contribution in [-0.2, 0) is 19.7 Å². The van der Waals surface area contributed by atoms with Crippen molar-refractivity contribution >= 4 is 29.2 Å². The molecule has 0 spiro atoms. The van der Waals surface area contributed by atoms with Gasteiger partial charge in [0.05, 0.1) is 5.41 Å². The van der Waals surface area contributed by atoms with Crippen molar-refractivity contribution in [1.29, 1.82) is 0 Å². The van der Waals surface area contributed by atoms with Crippen molar-refractivity contribution in [1.82, 2.24) is 0 Å². The molecule has 3 rings (SSSR count). The molecule has 1 aliphatic carbocycles. The molecule has 4 nitrogen and oxygen atoms in total. The Hall–Kier alpha value is -2.33. The molecular formula is C19H18ClNO3. The van der Waals surface area contributed by atoms with Crippen LogP contribution in [0.2, 0.25) is 5.02 Å². The third kappa shape index (κ3) is 3.44. The van der Waals surface area contributed by atoms with Crippen molar-refractivity contribution in [2.75, 3.05) is 11.9 Å². The fraction of sp³-hybridized carbons (Fsp3) is 0.263. The summed E-state index contributed by atoms with van der Waals surface area (Å²) in [6, 6.07) is 14.8. The number of ether oxygens (including phenoxy) is 1. The molecular weight excluding hydrogens is 326 g/mol. The van der Waals surface area contributed by atoms with Gasteiger partial charge in [0.1, 0.15) is 0 Å². The van der Waals surface area contributed by atoms with E-state index in [2.05, 4.69) is 5.32 Å². The predicted octanol–water partition coefficient (Wildman–Crippen LogP) is 3.86. The van der Waals surface area contributed by atoms with Crippen LogP contribution in [0.5, 0.6) is 0 Å². The Morgan fingerprint density at radius 1 is 1.17 bits per heavy atom. The fourth-order valence-electron chi connectivity index (χ4n) is 2.68. The van der Waals surface area contributed by atoms with Gasteiger partial charge in [-0.05, 0) is 43.0 Å². The number of anilines is 1. The molecule has 0 bridgehead atoms. The number of carbonyl (C=O) groups is 2. The van der Waals surface area contributed by atoms with Crippen molar-refractivity contribution in [3.63, 3.8) is 0 Å². The van der Waals surface area contributed by atoms with E-state index in [0.29, 0.717) is 10.7 Å². The molecule has 2 aromatic rings. The van der Waals surface area contributed by atoms with Crippen molar-refractivity contribution < 1.29 is 14.3 Å². The summed E-state index contributed by atoms with van der Waals surface area (Å²) in [6.07, 6.45) is 1.51. The second-order valence-electron chi connectivity index (χ2n) is 6.03. The average molecular weight is 344 g/mol. The van der Waals surface area contributed by atoms with Crippen LogP contribution in [0.25, 0.3) is 0 Å². The largest absolute Gasteiger partial charge is 0.455 e. The lowest BCUT2D eigenvalue weighted by molar-refractivity contribution is -0.150. The molecule has 0 aliphatic heterocycles. The zero-order valence-electron chi connectivity index (χ0n) is 13.3. The second kappa shape index (κ2) is 6.65. The molecule has 1 N–H and O–H groups in total. The second-order valence-corrected chi connectivity index (χ2v) is 6.47. The highest BCUT2D eigenvalue weighted by Gasteiger charge is 2.52. The molecule has 0 unspecified atom stereocenters. The number of amides is 1. The number of carbonyl (C=O) groups excluding carboxylic acids is 2. The van der Waals surface area contributed by atoms with E-state index in [0.717, 1.165) is 24.0 Å². The average Bonchev–Trinajstić information content (AvgIpc) is 3.39. The summed E-state index contributed by atoms with van der Waals surface area (Å²) in [5, 5.41) is 3.25. The molecule has 0 radical (unpaired) electrons. The number of halogens is 1. The maximum absolute atomic E-state index is 12.4. The van der Waals surface area contributed by atoms with E-state index in [1.165, 1.54) is 0 Å². The van der Waals surface area contributed by atoms with Gasteiger partial charge < -0.3 is 10.1 Å². The first-order valence-electron chi connectivity index (χ1n) is 7.80. The SMILES string of the molecule is Cc1ccc(Cl)cc1NC(=O)COC(=O)C1(c2ccccc2)CC1. The minimum atomic E-state index is -0.576. The number of hydrogen-bond acceptors (Lipinski definition) is 3. The van der Waals surface area contributed by atoms with Crippen LogP contribution in [-0.4, -0.2) is 18.5 Å². The van der Waals surface area contributed by atoms with Crippen molar-refractivity contribution in [2.24, 2.45) is 0 Å². The quantitative estimate of drug-likeness (QED) is 0.839. The van der Waals surface area contributed by atoms with E-state index < -0.39 is 5.41 Å². The summed E-state index contributed by atoms with van der Waals surface area (Å²) in [6.45, 7) is 1.56. The molecule has 124 valence electrons. The van der Waals surface area contributed by atoms with Crippen LogP contribution < -0.4 is 5.32 Å². The van der Waals surface area contributed by atoms with Crippen molar-refractivity contribution in [2.45, 2.75) is 25.2 Å². The molecule has 1 amide bonds. The van der Waals surface area contributed by atoms with Crippen LogP contribution >= 0.6 is 11.6 Å². The van der Waals surface area contributed by atoms with Gasteiger partial charge in [0.25, 0.3) is 5.91 Å². The molecule has 1 fully saturated rings. The lowest BCUT2D eigenvalue weighted by Gasteiger charge is -2.15. The molecule has 0 saturated heterocycles. The molecule has 24 heavy (non-hydrogen) atoms. The molecule has 2 aromatic carbocycles. The lowest BCUT2D eigenvalue weighted by Crippen LogP contribution is -2.28. The van der Waals surface area contributed by atoms with Gasteiger partial charge in [0.2, 0.25) is 0 Å². The highest BCUT2D eigenvalue weighted by Crippen LogP contribution is 2.49. The number of rotatable bonds is 5. The van der Waals surface area contributed by atoms with Gasteiger partial charge in [0, 0.05) is 10.7 Å². The Bertz CT molecular complexity index is 769. The molecule has 0 aromatic heterocycles. The van der Waals surface area contributed by atoms with Crippen LogP contribution in [0.1, 0.15) is 24.0 Å². The first kappa shape index (κ1) is 16.5. The van der Waals surface area contributed by atoms with Gasteiger partial charge >= 0.3 is 5.97 Å². The van der Waals surface area contributed by atoms with Crippen molar-refractivity contribution in [3.05, 3.63) is 64.7 Å². The number of benzene rings is 2. The highest BCUT2D eigenvalue weighted by molar-refractivity contribution is 6.31. The number of hydrogen-bond donors (Lipinski definition) is 1. The summed E-state index contributed by atoms with van der Waals surface area (Å²) in [5.41, 5.74) is 1.88. The minimum absolute atomic E-state index is 0.306. The monoisotopic (exact) mass is 343 g/mol. The Balaban J connectivity index is 1.59. The Morgan fingerprint density at radius 3 is 2.54 bits per heavy atom. The Kier molecular flexibility index (Phi) is 4.58. The van der Waals surface area contributed by atoms with E-state index in [1.807, 2.05) is 43.3 Å². The maximum atomic E-state index is 12.4. The standard InChI is InChI=1S/C19H18ClNO3/c1-13-7-8-15(20)11-16(13)21-17(22)12-24-18(23)19(9-10-19)14-5-3-2-4-6-14/h2-8,11H,9-10,12H2,1H3,(H,21,22). The van der Waals surface area contributed by atoms with Crippen LogP contribution in [0.3, 0.4) is 0 Å². The van der Waals surface area contributed by atoms with Crippen molar-refractivity contribution in [3.8, 4) is 0 Å². The van der Waals surface area contributed by atoms with Gasteiger partial charge in [-0.1, -0.05) is 48.0 Å². The van der Waals surface area contributed by atoms with E-state index in [1.54, 1.807) is 12.1 Å². The van der Waals surface area contributed by atoms with Crippen LogP contribution in [0.4, 0.5) is 5.69 Å². The number of nitrogens with one attached hydrogen (secondary N) is 1. The normalized spacial score (nSPS) is 14.8. The lowest BCUT2D eigenvalue weighted by atomic mass is 9.96. The molecule has 0 heterocycles. The summed E-state index contributed by atoms with van der Waals surface area (Å²) < 4.78 is 5.24. The maximum Gasteiger partial charge on any atom is 0.317 e. The van der Waals surface area contributed by atoms with E-state index >= 15 is 0 Å². The van der Waals surface area contributed by atoms with E-state index in [4.69, 9.17) is 16.3 Å². The predicted molar refractivity (Wildman–Crippen MR) is 93.1 cm³/mol. The molecule has 1 aliphatic rings. The molecule has 5 heteroatoms. The first-order valence-corrected chi connectivity index (χ1v) is 8.18. The van der Waals surface area contributed by atoms with Crippen LogP contribution in [0, 0.1) is 6.92 Å². The summed E-state index contributed by atoms with van der Waals surface area (Å²) in [4.78, 5) is 24.4. The third-order valence-corrected chi connectivity index (χ3v) is 4.51. The summed E-state index contributed by atoms with van der Waals surface area (Å²) >= 11 is 5.93.